The first-order valence-corrected chi connectivity index (χ1v) is 12.5. The van der Waals surface area contributed by atoms with E-state index in [1.165, 1.54) is 33.8 Å². The monoisotopic (exact) mass is 468 g/mol. The third-order valence-corrected chi connectivity index (χ3v) is 8.20. The van der Waals surface area contributed by atoms with Crippen molar-refractivity contribution in [3.8, 4) is 0 Å². The maximum atomic E-state index is 13.8. The molecule has 2 aromatic rings. The predicted molar refractivity (Wildman–Crippen MR) is 119 cm³/mol. The maximum absolute atomic E-state index is 13.8. The van der Waals surface area contributed by atoms with Crippen molar-refractivity contribution < 1.29 is 22.7 Å². The number of hydrogen-bond acceptors (Lipinski definition) is 5. The van der Waals surface area contributed by atoms with Crippen molar-refractivity contribution in [2.24, 2.45) is 5.41 Å². The van der Waals surface area contributed by atoms with Crippen LogP contribution < -0.4 is 5.32 Å². The van der Waals surface area contributed by atoms with E-state index in [0.29, 0.717) is 4.88 Å². The summed E-state index contributed by atoms with van der Waals surface area (Å²) >= 11 is 1.35. The van der Waals surface area contributed by atoms with Crippen molar-refractivity contribution in [3.05, 3.63) is 52.5 Å². The lowest BCUT2D eigenvalue weighted by molar-refractivity contribution is -0.128. The van der Waals surface area contributed by atoms with Gasteiger partial charge in [0, 0.05) is 17.8 Å². The maximum Gasteiger partial charge on any atom is 0.243 e. The molecule has 2 N–H and O–H groups in total. The Morgan fingerprint density at radius 3 is 2.61 bits per heavy atom. The Labute approximate surface area is 187 Å². The number of nitrogens with zero attached hydrogens (tertiary/aromatic N) is 1. The largest absolute Gasteiger partial charge is 0.388 e. The third kappa shape index (κ3) is 5.34. The second kappa shape index (κ2) is 8.61. The lowest BCUT2D eigenvalue weighted by Gasteiger charge is -2.48. The molecule has 2 heterocycles. The van der Waals surface area contributed by atoms with Gasteiger partial charge in [-0.3, -0.25) is 4.79 Å². The number of carbonyl (C=O) groups is 1. The lowest BCUT2D eigenvalue weighted by Crippen LogP contribution is -2.63. The van der Waals surface area contributed by atoms with E-state index in [0.717, 1.165) is 6.07 Å². The molecule has 1 aromatic carbocycles. The number of rotatable bonds is 5. The molecule has 1 saturated heterocycles. The number of sulfonamides is 1. The van der Waals surface area contributed by atoms with Crippen LogP contribution in [0.2, 0.25) is 0 Å². The fraction of sp³-hybridized carbons (Fsp3) is 0.500. The highest BCUT2D eigenvalue weighted by atomic mass is 32.2. The Kier molecular flexibility index (Phi) is 6.63. The van der Waals surface area contributed by atoms with E-state index < -0.39 is 33.5 Å². The van der Waals surface area contributed by atoms with Gasteiger partial charge < -0.3 is 10.4 Å². The smallest absolute Gasteiger partial charge is 0.243 e. The molecule has 0 spiro atoms. The van der Waals surface area contributed by atoms with Gasteiger partial charge in [0.25, 0.3) is 0 Å². The van der Waals surface area contributed by atoms with Crippen LogP contribution in [-0.2, 0) is 14.8 Å². The summed E-state index contributed by atoms with van der Waals surface area (Å²) < 4.78 is 42.0. The van der Waals surface area contributed by atoms with Gasteiger partial charge in [-0.25, -0.2) is 12.8 Å². The quantitative estimate of drug-likeness (QED) is 0.701. The average Bonchev–Trinajstić information content (AvgIpc) is 3.15. The van der Waals surface area contributed by atoms with Gasteiger partial charge in [-0.1, -0.05) is 32.9 Å². The lowest BCUT2D eigenvalue weighted by atomic mass is 9.82. The summed E-state index contributed by atoms with van der Waals surface area (Å²) in [6, 6.07) is 6.78. The van der Waals surface area contributed by atoms with Gasteiger partial charge in [0.1, 0.15) is 5.82 Å². The van der Waals surface area contributed by atoms with Crippen LogP contribution >= 0.6 is 11.3 Å². The molecule has 9 heteroatoms. The molecule has 6 nitrogen and oxygen atoms in total. The van der Waals surface area contributed by atoms with Crippen LogP contribution in [0.4, 0.5) is 4.39 Å². The topological polar surface area (TPSA) is 86.7 Å². The fourth-order valence-electron chi connectivity index (χ4n) is 3.88. The molecular weight excluding hydrogens is 439 g/mol. The minimum absolute atomic E-state index is 0.0417. The first kappa shape index (κ1) is 23.8. The molecule has 1 aliphatic rings. The SMILES string of the molecule is CC(C)(C)CC(=O)N[C@H]1[C@H](c2cccs2)N(S(=O)(=O)c2cccc(F)c2)CC[C@@]1(C)O. The molecule has 0 saturated carbocycles. The predicted octanol–water partition coefficient (Wildman–Crippen LogP) is 3.69. The Balaban J connectivity index is 2.05. The second-order valence-corrected chi connectivity index (χ2v) is 12.3. The number of piperidine rings is 1. The summed E-state index contributed by atoms with van der Waals surface area (Å²) in [5, 5.41) is 15.9. The summed E-state index contributed by atoms with van der Waals surface area (Å²) in [5.74, 6) is -0.905. The van der Waals surface area contributed by atoms with Crippen molar-refractivity contribution in [2.45, 2.75) is 63.1 Å². The fourth-order valence-corrected chi connectivity index (χ4v) is 6.47. The van der Waals surface area contributed by atoms with E-state index in [4.69, 9.17) is 0 Å². The van der Waals surface area contributed by atoms with E-state index in [1.54, 1.807) is 19.1 Å². The highest BCUT2D eigenvalue weighted by Crippen LogP contribution is 2.42. The summed E-state index contributed by atoms with van der Waals surface area (Å²) in [5.41, 5.74) is -1.59. The molecule has 1 amide bonds. The second-order valence-electron chi connectivity index (χ2n) is 9.42. The summed E-state index contributed by atoms with van der Waals surface area (Å²) in [7, 11) is -4.08. The van der Waals surface area contributed by atoms with Crippen LogP contribution in [0.15, 0.2) is 46.7 Å². The Bertz CT molecular complexity index is 1030. The number of hydrogen-bond donors (Lipinski definition) is 2. The van der Waals surface area contributed by atoms with E-state index >= 15 is 0 Å². The zero-order valence-electron chi connectivity index (χ0n) is 18.1. The van der Waals surface area contributed by atoms with Crippen molar-refractivity contribution in [1.82, 2.24) is 9.62 Å². The van der Waals surface area contributed by atoms with Crippen molar-refractivity contribution in [2.75, 3.05) is 6.54 Å². The molecule has 31 heavy (non-hydrogen) atoms. The molecule has 1 aliphatic heterocycles. The van der Waals surface area contributed by atoms with Gasteiger partial charge in [-0.15, -0.1) is 11.3 Å². The van der Waals surface area contributed by atoms with E-state index in [-0.39, 0.29) is 35.6 Å². The van der Waals surface area contributed by atoms with Gasteiger partial charge in [-0.05, 0) is 48.4 Å². The van der Waals surface area contributed by atoms with E-state index in [1.807, 2.05) is 26.2 Å². The number of aliphatic hydroxyl groups is 1. The van der Waals surface area contributed by atoms with Crippen LogP contribution in [-0.4, -0.2) is 41.9 Å². The molecule has 0 bridgehead atoms. The highest BCUT2D eigenvalue weighted by Gasteiger charge is 2.50. The van der Waals surface area contributed by atoms with Crippen LogP contribution in [0.3, 0.4) is 0 Å². The van der Waals surface area contributed by atoms with Gasteiger partial charge in [0.2, 0.25) is 15.9 Å². The van der Waals surface area contributed by atoms with Gasteiger partial charge in [-0.2, -0.15) is 4.31 Å². The van der Waals surface area contributed by atoms with Crippen molar-refractivity contribution in [1.29, 1.82) is 0 Å². The van der Waals surface area contributed by atoms with Crippen molar-refractivity contribution in [3.63, 3.8) is 0 Å². The normalized spacial score (nSPS) is 25.4. The number of halogens is 1. The van der Waals surface area contributed by atoms with Crippen molar-refractivity contribution >= 4 is 27.3 Å². The zero-order chi connectivity index (χ0) is 23.0. The molecule has 1 aromatic heterocycles. The number of carbonyl (C=O) groups excluding carboxylic acids is 1. The molecular formula is C22H29FN2O4S2. The third-order valence-electron chi connectivity index (χ3n) is 5.38. The molecule has 170 valence electrons. The number of benzene rings is 1. The number of amides is 1. The van der Waals surface area contributed by atoms with E-state index in [9.17, 15) is 22.7 Å². The minimum Gasteiger partial charge on any atom is -0.388 e. The molecule has 0 aliphatic carbocycles. The molecule has 0 unspecified atom stereocenters. The molecule has 3 rings (SSSR count). The summed E-state index contributed by atoms with van der Waals surface area (Å²) in [6.07, 6.45) is 0.358. The number of thiophene rings is 1. The molecule has 1 fully saturated rings. The van der Waals surface area contributed by atoms with Gasteiger partial charge >= 0.3 is 0 Å². The first-order chi connectivity index (χ1) is 14.3. The van der Waals surface area contributed by atoms with Crippen LogP contribution in [0.5, 0.6) is 0 Å². The Morgan fingerprint density at radius 1 is 1.32 bits per heavy atom. The van der Waals surface area contributed by atoms with Crippen LogP contribution in [0.1, 0.15) is 51.5 Å². The van der Waals surface area contributed by atoms with Gasteiger partial charge in [0.05, 0.1) is 22.6 Å². The van der Waals surface area contributed by atoms with Crippen LogP contribution in [0, 0.1) is 11.2 Å². The first-order valence-electron chi connectivity index (χ1n) is 10.1. The Hall–Kier alpha value is -1.81. The van der Waals surface area contributed by atoms with Gasteiger partial charge in [0.15, 0.2) is 0 Å². The Morgan fingerprint density at radius 2 is 2.03 bits per heavy atom. The zero-order valence-corrected chi connectivity index (χ0v) is 19.8. The molecule has 3 atom stereocenters. The van der Waals surface area contributed by atoms with Crippen LogP contribution in [0.25, 0.3) is 0 Å². The average molecular weight is 469 g/mol. The van der Waals surface area contributed by atoms with E-state index in [2.05, 4.69) is 5.32 Å². The summed E-state index contributed by atoms with van der Waals surface area (Å²) in [6.45, 7) is 7.46. The number of nitrogens with one attached hydrogen (secondary N) is 1. The standard InChI is InChI=1S/C22H29FN2O4S2/c1-21(2,3)14-18(26)24-20-19(17-9-6-12-30-17)25(11-10-22(20,4)27)31(28,29)16-8-5-7-15(23)13-16/h5-9,12-13,19-20,27H,10-11,14H2,1-4H3,(H,24,26)/t19-,20-,22+/m0/s1. The summed E-state index contributed by atoms with van der Waals surface area (Å²) in [4.78, 5) is 13.3. The highest BCUT2D eigenvalue weighted by molar-refractivity contribution is 7.89. The molecule has 0 radical (unpaired) electrons. The minimum atomic E-state index is -4.08.